The molecule has 0 fully saturated rings. The summed E-state index contributed by atoms with van der Waals surface area (Å²) in [4.78, 5) is 39.9. The van der Waals surface area contributed by atoms with Crippen LogP contribution in [-0.4, -0.2) is 23.0 Å². The average molecular weight is 633 g/mol. The highest BCUT2D eigenvalue weighted by Crippen LogP contribution is 2.29. The largest absolute Gasteiger partial charge is 0.325 e. The van der Waals surface area contributed by atoms with E-state index in [1.54, 1.807) is 48.5 Å². The number of carbonyl (C=O) groups is 3. The Hall–Kier alpha value is -4.21. The number of benzene rings is 4. The fourth-order valence-electron chi connectivity index (χ4n) is 3.79. The number of rotatable bonds is 10. The van der Waals surface area contributed by atoms with E-state index in [-0.39, 0.29) is 17.4 Å². The Morgan fingerprint density at radius 3 is 2.29 bits per heavy atom. The number of carbonyl (C=O) groups excluding carboxylic acids is 3. The van der Waals surface area contributed by atoms with Gasteiger partial charge in [0, 0.05) is 26.3 Å². The number of halogens is 2. The molecule has 208 valence electrons. The number of hydrogen-bond acceptors (Lipinski definition) is 4. The van der Waals surface area contributed by atoms with E-state index in [0.717, 1.165) is 14.9 Å². The molecule has 3 amide bonds. The fourth-order valence-corrected chi connectivity index (χ4v) is 5.22. The SMILES string of the molecule is CCC(Sc1cccc(NC(=O)/C(=C\c2cccc(Br)c2)NC(=O)c2ccccc2)c1)C(=O)Nc1ccc(F)cc1. The van der Waals surface area contributed by atoms with Gasteiger partial charge in [0.1, 0.15) is 11.5 Å². The van der Waals surface area contributed by atoms with Gasteiger partial charge in [0.25, 0.3) is 11.8 Å². The van der Waals surface area contributed by atoms with E-state index in [4.69, 9.17) is 0 Å². The van der Waals surface area contributed by atoms with Crippen LogP contribution < -0.4 is 16.0 Å². The smallest absolute Gasteiger partial charge is 0.272 e. The van der Waals surface area contributed by atoms with E-state index >= 15 is 0 Å². The average Bonchev–Trinajstić information content (AvgIpc) is 2.97. The molecule has 0 saturated carbocycles. The van der Waals surface area contributed by atoms with Crippen molar-refractivity contribution in [2.45, 2.75) is 23.5 Å². The monoisotopic (exact) mass is 631 g/mol. The molecule has 6 nitrogen and oxygen atoms in total. The van der Waals surface area contributed by atoms with E-state index in [2.05, 4.69) is 31.9 Å². The standard InChI is InChI=1S/C32H27BrFN3O3S/c1-2-29(32(40)35-25-16-14-24(34)15-17-25)41-27-13-7-12-26(20-27)36-31(39)28(19-21-8-6-11-23(33)18-21)37-30(38)22-9-4-3-5-10-22/h3-20,29H,2H2,1H3,(H,35,40)(H,36,39)(H,37,38)/b28-19+. The second kappa shape index (κ2) is 14.4. The predicted molar refractivity (Wildman–Crippen MR) is 166 cm³/mol. The highest BCUT2D eigenvalue weighted by atomic mass is 79.9. The summed E-state index contributed by atoms with van der Waals surface area (Å²) in [5.41, 5.74) is 2.23. The van der Waals surface area contributed by atoms with Gasteiger partial charge in [0.15, 0.2) is 0 Å². The number of anilines is 2. The molecule has 1 unspecified atom stereocenters. The van der Waals surface area contributed by atoms with E-state index < -0.39 is 17.1 Å². The minimum Gasteiger partial charge on any atom is -0.325 e. The van der Waals surface area contributed by atoms with Crippen LogP contribution in [0.15, 0.2) is 118 Å². The Morgan fingerprint density at radius 2 is 1.59 bits per heavy atom. The second-order valence-corrected chi connectivity index (χ2v) is 11.1. The van der Waals surface area contributed by atoms with Crippen LogP contribution >= 0.6 is 27.7 Å². The summed E-state index contributed by atoms with van der Waals surface area (Å²) in [5.74, 6) is -1.50. The Labute approximate surface area is 250 Å². The summed E-state index contributed by atoms with van der Waals surface area (Å²) in [6.45, 7) is 1.90. The molecule has 4 aromatic rings. The molecule has 0 aliphatic heterocycles. The first-order chi connectivity index (χ1) is 19.8. The zero-order valence-corrected chi connectivity index (χ0v) is 24.5. The topological polar surface area (TPSA) is 87.3 Å². The number of thioether (sulfide) groups is 1. The molecule has 4 rings (SSSR count). The quantitative estimate of drug-likeness (QED) is 0.125. The van der Waals surface area contributed by atoms with Gasteiger partial charge < -0.3 is 16.0 Å². The Kier molecular flexibility index (Phi) is 10.5. The molecule has 0 saturated heterocycles. The van der Waals surface area contributed by atoms with E-state index in [0.29, 0.717) is 23.4 Å². The lowest BCUT2D eigenvalue weighted by molar-refractivity contribution is -0.116. The molecule has 0 aliphatic carbocycles. The molecule has 4 aromatic carbocycles. The fraction of sp³-hybridized carbons (Fsp3) is 0.0938. The lowest BCUT2D eigenvalue weighted by Gasteiger charge is -2.16. The lowest BCUT2D eigenvalue weighted by atomic mass is 10.1. The van der Waals surface area contributed by atoms with Crippen molar-refractivity contribution in [3.8, 4) is 0 Å². The van der Waals surface area contributed by atoms with Crippen molar-refractivity contribution in [3.05, 3.63) is 130 Å². The molecular weight excluding hydrogens is 605 g/mol. The van der Waals surface area contributed by atoms with Gasteiger partial charge in [-0.25, -0.2) is 4.39 Å². The van der Waals surface area contributed by atoms with Gasteiger partial charge in [0.05, 0.1) is 5.25 Å². The second-order valence-electron chi connectivity index (χ2n) is 8.93. The molecule has 0 spiro atoms. The minimum atomic E-state index is -0.502. The first-order valence-corrected chi connectivity index (χ1v) is 14.5. The maximum absolute atomic E-state index is 13.4. The summed E-state index contributed by atoms with van der Waals surface area (Å²) in [7, 11) is 0. The van der Waals surface area contributed by atoms with E-state index in [1.165, 1.54) is 36.0 Å². The van der Waals surface area contributed by atoms with Crippen molar-refractivity contribution in [3.63, 3.8) is 0 Å². The minimum absolute atomic E-state index is 0.0696. The van der Waals surface area contributed by atoms with Crippen molar-refractivity contribution < 1.29 is 18.8 Å². The third-order valence-electron chi connectivity index (χ3n) is 5.83. The summed E-state index contributed by atoms with van der Waals surface area (Å²) in [6.07, 6.45) is 2.16. The molecule has 0 aromatic heterocycles. The Balaban J connectivity index is 1.49. The van der Waals surface area contributed by atoms with Crippen LogP contribution in [0.3, 0.4) is 0 Å². The summed E-state index contributed by atoms with van der Waals surface area (Å²) < 4.78 is 14.0. The molecule has 0 heterocycles. The van der Waals surface area contributed by atoms with Crippen molar-refractivity contribution in [1.29, 1.82) is 0 Å². The van der Waals surface area contributed by atoms with Crippen molar-refractivity contribution in [1.82, 2.24) is 5.32 Å². The predicted octanol–water partition coefficient (Wildman–Crippen LogP) is 7.51. The number of amides is 3. The lowest BCUT2D eigenvalue weighted by Crippen LogP contribution is -2.30. The first-order valence-electron chi connectivity index (χ1n) is 12.8. The normalized spacial score (nSPS) is 11.8. The molecule has 0 radical (unpaired) electrons. The molecule has 3 N–H and O–H groups in total. The van der Waals surface area contributed by atoms with Crippen molar-refractivity contribution in [2.24, 2.45) is 0 Å². The molecular formula is C32H27BrFN3O3S. The molecule has 9 heteroatoms. The molecule has 1 atom stereocenters. The van der Waals surface area contributed by atoms with Gasteiger partial charge in [0.2, 0.25) is 5.91 Å². The molecule has 0 bridgehead atoms. The van der Waals surface area contributed by atoms with Crippen LogP contribution in [0.2, 0.25) is 0 Å². The maximum Gasteiger partial charge on any atom is 0.272 e. The van der Waals surface area contributed by atoms with Crippen LogP contribution in [-0.2, 0) is 9.59 Å². The highest BCUT2D eigenvalue weighted by molar-refractivity contribution is 9.10. The Morgan fingerprint density at radius 1 is 0.854 bits per heavy atom. The zero-order chi connectivity index (χ0) is 29.2. The number of hydrogen-bond donors (Lipinski definition) is 3. The molecule has 0 aliphatic rings. The summed E-state index contributed by atoms with van der Waals surface area (Å²) >= 11 is 4.79. The Bertz CT molecular complexity index is 1560. The third-order valence-corrected chi connectivity index (χ3v) is 7.68. The van der Waals surface area contributed by atoms with Gasteiger partial charge in [-0.15, -0.1) is 11.8 Å². The summed E-state index contributed by atoms with van der Waals surface area (Å²) in [5, 5.41) is 7.99. The maximum atomic E-state index is 13.4. The van der Waals surface area contributed by atoms with Gasteiger partial charge in [-0.1, -0.05) is 59.3 Å². The molecule has 41 heavy (non-hydrogen) atoms. The van der Waals surface area contributed by atoms with Crippen molar-refractivity contribution in [2.75, 3.05) is 10.6 Å². The number of nitrogens with one attached hydrogen (secondary N) is 3. The van der Waals surface area contributed by atoms with Gasteiger partial charge in [-0.05, 0) is 84.8 Å². The third kappa shape index (κ3) is 8.89. The van der Waals surface area contributed by atoms with E-state index in [9.17, 15) is 18.8 Å². The van der Waals surface area contributed by atoms with Crippen LogP contribution in [0.1, 0.15) is 29.3 Å². The zero-order valence-electron chi connectivity index (χ0n) is 22.1. The van der Waals surface area contributed by atoms with Crippen molar-refractivity contribution >= 4 is 62.9 Å². The van der Waals surface area contributed by atoms with Gasteiger partial charge in [-0.2, -0.15) is 0 Å². The highest BCUT2D eigenvalue weighted by Gasteiger charge is 2.19. The van der Waals surface area contributed by atoms with Crippen LogP contribution in [0.5, 0.6) is 0 Å². The van der Waals surface area contributed by atoms with E-state index in [1.807, 2.05) is 43.3 Å². The van der Waals surface area contributed by atoms with Crippen LogP contribution in [0.25, 0.3) is 6.08 Å². The summed E-state index contributed by atoms with van der Waals surface area (Å²) in [6, 6.07) is 28.7. The van der Waals surface area contributed by atoms with Gasteiger partial charge >= 0.3 is 0 Å². The first kappa shape index (κ1) is 29.8. The van der Waals surface area contributed by atoms with Crippen LogP contribution in [0, 0.1) is 5.82 Å². The van der Waals surface area contributed by atoms with Gasteiger partial charge in [-0.3, -0.25) is 14.4 Å². The van der Waals surface area contributed by atoms with Crippen LogP contribution in [0.4, 0.5) is 15.8 Å².